The van der Waals surface area contributed by atoms with E-state index < -0.39 is 6.10 Å². The van der Waals surface area contributed by atoms with Crippen molar-refractivity contribution in [1.29, 1.82) is 0 Å². The molecule has 0 rings (SSSR count). The molecule has 0 aromatic carbocycles. The van der Waals surface area contributed by atoms with Crippen LogP contribution in [0.25, 0.3) is 0 Å². The molecule has 1 unspecified atom stereocenters. The molecule has 0 aliphatic heterocycles. The standard InChI is InChI=1S/C46H84O6/c1-4-7-10-13-16-19-22-23-25-27-30-33-36-39-45(48)51-42-43(41-50-44(47)38-35-32-29-26-21-18-15-12-9-6-3)52-46(49)40-37-34-31-28-24-20-17-14-11-8-5-2/h14,17,23,25,43H,4-13,15-16,18-22,24,26-42H2,1-3H3/b17-14-,25-23-. The van der Waals surface area contributed by atoms with E-state index in [4.69, 9.17) is 14.2 Å². The van der Waals surface area contributed by atoms with Gasteiger partial charge in [0.05, 0.1) is 0 Å². The molecular weight excluding hydrogens is 648 g/mol. The van der Waals surface area contributed by atoms with Gasteiger partial charge in [-0.1, -0.05) is 173 Å². The Balaban J connectivity index is 4.38. The summed E-state index contributed by atoms with van der Waals surface area (Å²) in [5.41, 5.74) is 0. The molecule has 0 aromatic heterocycles. The minimum absolute atomic E-state index is 0.0769. The predicted molar refractivity (Wildman–Crippen MR) is 219 cm³/mol. The van der Waals surface area contributed by atoms with Gasteiger partial charge in [0.15, 0.2) is 6.10 Å². The highest BCUT2D eigenvalue weighted by Gasteiger charge is 2.19. The van der Waals surface area contributed by atoms with Crippen molar-refractivity contribution in [2.75, 3.05) is 13.2 Å². The maximum Gasteiger partial charge on any atom is 0.306 e. The third-order valence-corrected chi connectivity index (χ3v) is 9.68. The molecule has 1 atom stereocenters. The van der Waals surface area contributed by atoms with Gasteiger partial charge in [0.25, 0.3) is 0 Å². The van der Waals surface area contributed by atoms with Crippen molar-refractivity contribution in [2.24, 2.45) is 0 Å². The first-order chi connectivity index (χ1) is 25.5. The summed E-state index contributed by atoms with van der Waals surface area (Å²) in [6.45, 7) is 6.55. The van der Waals surface area contributed by atoms with Gasteiger partial charge in [-0.15, -0.1) is 0 Å². The molecule has 0 fully saturated rings. The molecular formula is C46H84O6. The summed E-state index contributed by atoms with van der Waals surface area (Å²) in [5.74, 6) is -0.903. The third-order valence-electron chi connectivity index (χ3n) is 9.68. The fraction of sp³-hybridized carbons (Fsp3) is 0.848. The zero-order valence-electron chi connectivity index (χ0n) is 34.6. The maximum atomic E-state index is 12.7. The van der Waals surface area contributed by atoms with E-state index >= 15 is 0 Å². The van der Waals surface area contributed by atoms with Crippen LogP contribution in [0, 0.1) is 0 Å². The summed E-state index contributed by atoms with van der Waals surface area (Å²) in [7, 11) is 0. The van der Waals surface area contributed by atoms with Crippen molar-refractivity contribution in [3.8, 4) is 0 Å². The van der Waals surface area contributed by atoms with Crippen LogP contribution in [-0.4, -0.2) is 37.2 Å². The SMILES string of the molecule is CCCC/C=C\CCCCCCCC(=O)OC(COC(=O)CCCCC/C=C\CCCCCCCC)COC(=O)CCCCCCCCCCCC. The molecule has 304 valence electrons. The molecule has 6 nitrogen and oxygen atoms in total. The van der Waals surface area contributed by atoms with Crippen LogP contribution in [0.3, 0.4) is 0 Å². The molecule has 52 heavy (non-hydrogen) atoms. The fourth-order valence-corrected chi connectivity index (χ4v) is 6.24. The van der Waals surface area contributed by atoms with Gasteiger partial charge in [-0.25, -0.2) is 0 Å². The Morgan fingerprint density at radius 1 is 0.365 bits per heavy atom. The Labute approximate surface area is 322 Å². The van der Waals surface area contributed by atoms with Gasteiger partial charge in [0.2, 0.25) is 0 Å². The van der Waals surface area contributed by atoms with Crippen molar-refractivity contribution in [3.63, 3.8) is 0 Å². The summed E-state index contributed by atoms with van der Waals surface area (Å²) in [4.78, 5) is 37.6. The molecule has 0 bridgehead atoms. The van der Waals surface area contributed by atoms with Crippen molar-refractivity contribution >= 4 is 17.9 Å². The monoisotopic (exact) mass is 733 g/mol. The number of hydrogen-bond acceptors (Lipinski definition) is 6. The predicted octanol–water partition coefficient (Wildman–Crippen LogP) is 14.0. The molecule has 0 amide bonds. The van der Waals surface area contributed by atoms with Gasteiger partial charge in [-0.05, 0) is 64.2 Å². The second-order valence-corrected chi connectivity index (χ2v) is 15.0. The molecule has 0 radical (unpaired) electrons. The van der Waals surface area contributed by atoms with Crippen LogP contribution in [0.1, 0.15) is 233 Å². The van der Waals surface area contributed by atoms with Crippen LogP contribution in [0.4, 0.5) is 0 Å². The molecule has 0 heterocycles. The van der Waals surface area contributed by atoms with Gasteiger partial charge in [-0.2, -0.15) is 0 Å². The average molecular weight is 733 g/mol. The first-order valence-electron chi connectivity index (χ1n) is 22.3. The van der Waals surface area contributed by atoms with E-state index in [0.717, 1.165) is 83.5 Å². The highest BCUT2D eigenvalue weighted by Crippen LogP contribution is 2.14. The van der Waals surface area contributed by atoms with E-state index in [2.05, 4.69) is 45.1 Å². The Hall–Kier alpha value is -2.11. The smallest absolute Gasteiger partial charge is 0.306 e. The number of allylic oxidation sites excluding steroid dienone is 4. The van der Waals surface area contributed by atoms with Crippen LogP contribution < -0.4 is 0 Å². The minimum atomic E-state index is -0.774. The number of rotatable bonds is 40. The van der Waals surface area contributed by atoms with E-state index in [1.807, 2.05) is 0 Å². The fourth-order valence-electron chi connectivity index (χ4n) is 6.24. The number of carbonyl (C=O) groups excluding carboxylic acids is 3. The van der Waals surface area contributed by atoms with Crippen molar-refractivity contribution in [1.82, 2.24) is 0 Å². The normalized spacial score (nSPS) is 12.1. The number of ether oxygens (including phenoxy) is 3. The Morgan fingerprint density at radius 2 is 0.654 bits per heavy atom. The van der Waals surface area contributed by atoms with Crippen molar-refractivity contribution < 1.29 is 28.6 Å². The first kappa shape index (κ1) is 49.9. The van der Waals surface area contributed by atoms with Crippen LogP contribution in [0.5, 0.6) is 0 Å². The van der Waals surface area contributed by atoms with Gasteiger partial charge >= 0.3 is 17.9 Å². The number of carbonyl (C=O) groups is 3. The number of unbranched alkanes of at least 4 members (excludes halogenated alkanes) is 25. The minimum Gasteiger partial charge on any atom is -0.462 e. The van der Waals surface area contributed by atoms with Crippen LogP contribution in [0.2, 0.25) is 0 Å². The summed E-state index contributed by atoms with van der Waals surface area (Å²) >= 11 is 0. The zero-order chi connectivity index (χ0) is 38.0. The second-order valence-electron chi connectivity index (χ2n) is 15.0. The lowest BCUT2D eigenvalue weighted by molar-refractivity contribution is -0.167. The molecule has 0 aromatic rings. The molecule has 0 aliphatic carbocycles. The highest BCUT2D eigenvalue weighted by atomic mass is 16.6. The third kappa shape index (κ3) is 39.1. The summed E-state index contributed by atoms with van der Waals surface area (Å²) < 4.78 is 16.7. The van der Waals surface area contributed by atoms with Crippen LogP contribution in [-0.2, 0) is 28.6 Å². The van der Waals surface area contributed by atoms with E-state index in [1.54, 1.807) is 0 Å². The van der Waals surface area contributed by atoms with E-state index in [-0.39, 0.29) is 31.1 Å². The molecule has 6 heteroatoms. The topological polar surface area (TPSA) is 78.9 Å². The molecule has 0 aliphatic rings. The summed E-state index contributed by atoms with van der Waals surface area (Å²) in [5, 5.41) is 0. The van der Waals surface area contributed by atoms with E-state index in [0.29, 0.717) is 19.3 Å². The zero-order valence-corrected chi connectivity index (χ0v) is 34.6. The Morgan fingerprint density at radius 3 is 1.04 bits per heavy atom. The van der Waals surface area contributed by atoms with Crippen molar-refractivity contribution in [3.05, 3.63) is 24.3 Å². The van der Waals surface area contributed by atoms with Gasteiger partial charge in [0, 0.05) is 19.3 Å². The Bertz CT molecular complexity index is 850. The summed E-state index contributed by atoms with van der Waals surface area (Å²) in [6, 6.07) is 0. The quantitative estimate of drug-likeness (QED) is 0.0270. The number of hydrogen-bond donors (Lipinski definition) is 0. The highest BCUT2D eigenvalue weighted by molar-refractivity contribution is 5.71. The number of esters is 3. The first-order valence-corrected chi connectivity index (χ1v) is 22.3. The average Bonchev–Trinajstić information content (AvgIpc) is 3.14. The lowest BCUT2D eigenvalue weighted by Gasteiger charge is -2.18. The maximum absolute atomic E-state index is 12.7. The van der Waals surface area contributed by atoms with Gasteiger partial charge in [0.1, 0.15) is 13.2 Å². The summed E-state index contributed by atoms with van der Waals surface area (Å²) in [6.07, 6.45) is 44.4. The second kappa shape index (κ2) is 41.6. The van der Waals surface area contributed by atoms with Gasteiger partial charge in [-0.3, -0.25) is 14.4 Å². The Kier molecular flexibility index (Phi) is 40.0. The van der Waals surface area contributed by atoms with Crippen LogP contribution >= 0.6 is 0 Å². The van der Waals surface area contributed by atoms with Gasteiger partial charge < -0.3 is 14.2 Å². The molecule has 0 N–H and O–H groups in total. The largest absolute Gasteiger partial charge is 0.462 e. The molecule has 0 spiro atoms. The lowest BCUT2D eigenvalue weighted by atomic mass is 10.1. The van der Waals surface area contributed by atoms with Crippen LogP contribution in [0.15, 0.2) is 24.3 Å². The van der Waals surface area contributed by atoms with E-state index in [1.165, 1.54) is 109 Å². The van der Waals surface area contributed by atoms with E-state index in [9.17, 15) is 14.4 Å². The molecule has 0 saturated heterocycles. The van der Waals surface area contributed by atoms with Crippen molar-refractivity contribution in [2.45, 2.75) is 239 Å². The molecule has 0 saturated carbocycles. The lowest BCUT2D eigenvalue weighted by Crippen LogP contribution is -2.30.